The number of carbonyl (C=O) groups excluding carboxylic acids is 1. The van der Waals surface area contributed by atoms with E-state index in [2.05, 4.69) is 29.4 Å². The quantitative estimate of drug-likeness (QED) is 0.740. The number of nitrogens with zero attached hydrogens (tertiary/aromatic N) is 3. The zero-order valence-corrected chi connectivity index (χ0v) is 13.4. The monoisotopic (exact) mass is 317 g/mol. The van der Waals surface area contributed by atoms with Gasteiger partial charge in [0, 0.05) is 37.8 Å². The minimum absolute atomic E-state index is 0.230. The van der Waals surface area contributed by atoms with Gasteiger partial charge in [0.05, 0.1) is 5.69 Å². The first-order valence-electron chi connectivity index (χ1n) is 8.21. The molecule has 1 aliphatic heterocycles. The van der Waals surface area contributed by atoms with Gasteiger partial charge in [-0.1, -0.05) is 42.5 Å². The topological polar surface area (TPSA) is 38.1 Å². The van der Waals surface area contributed by atoms with Crippen LogP contribution in [-0.4, -0.2) is 27.1 Å². The highest BCUT2D eigenvalue weighted by molar-refractivity contribution is 5.79. The fraction of sp³-hybridized carbons (Fsp3) is 0.200. The van der Waals surface area contributed by atoms with Crippen molar-refractivity contribution in [3.63, 3.8) is 0 Å². The fourth-order valence-electron chi connectivity index (χ4n) is 3.31. The number of carbonyl (C=O) groups is 1. The molecule has 3 aromatic rings. The molecular formula is C20H19N3O. The summed E-state index contributed by atoms with van der Waals surface area (Å²) in [5.74, 6) is 0.529. The maximum absolute atomic E-state index is 12.4. The molecule has 0 unspecified atom stereocenters. The number of rotatable bonds is 4. The summed E-state index contributed by atoms with van der Waals surface area (Å²) in [6.45, 7) is 1.44. The molecule has 1 aliphatic rings. The van der Waals surface area contributed by atoms with Crippen LogP contribution < -0.4 is 0 Å². The van der Waals surface area contributed by atoms with Gasteiger partial charge in [-0.05, 0) is 29.3 Å². The highest BCUT2D eigenvalue weighted by Crippen LogP contribution is 2.29. The zero-order chi connectivity index (χ0) is 16.4. The van der Waals surface area contributed by atoms with Crippen LogP contribution in [0.5, 0.6) is 0 Å². The Balaban J connectivity index is 1.50. The van der Waals surface area contributed by atoms with Crippen LogP contribution in [0.1, 0.15) is 23.5 Å². The van der Waals surface area contributed by atoms with Crippen molar-refractivity contribution in [2.75, 3.05) is 6.54 Å². The second kappa shape index (κ2) is 6.32. The van der Waals surface area contributed by atoms with Gasteiger partial charge in [-0.15, -0.1) is 0 Å². The molecule has 1 atom stereocenters. The zero-order valence-electron chi connectivity index (χ0n) is 13.4. The van der Waals surface area contributed by atoms with E-state index in [1.54, 1.807) is 6.20 Å². The summed E-state index contributed by atoms with van der Waals surface area (Å²) in [5, 5.41) is 4.26. The minimum Gasteiger partial charge on any atom is -0.338 e. The van der Waals surface area contributed by atoms with Crippen LogP contribution in [-0.2, 0) is 11.3 Å². The molecule has 24 heavy (non-hydrogen) atoms. The average molecular weight is 317 g/mol. The number of benzene rings is 2. The lowest BCUT2D eigenvalue weighted by atomic mass is 9.98. The second-order valence-electron chi connectivity index (χ2n) is 6.21. The maximum Gasteiger partial charge on any atom is 0.223 e. The van der Waals surface area contributed by atoms with Crippen molar-refractivity contribution in [3.8, 4) is 5.69 Å². The number of hydrogen-bond acceptors (Lipinski definition) is 2. The summed E-state index contributed by atoms with van der Waals surface area (Å²) in [4.78, 5) is 14.3. The molecule has 1 saturated heterocycles. The van der Waals surface area contributed by atoms with E-state index in [9.17, 15) is 4.79 Å². The molecule has 1 fully saturated rings. The van der Waals surface area contributed by atoms with E-state index in [1.165, 1.54) is 5.56 Å². The van der Waals surface area contributed by atoms with Gasteiger partial charge in [0.25, 0.3) is 0 Å². The van der Waals surface area contributed by atoms with E-state index in [0.29, 0.717) is 18.9 Å². The standard InChI is InChI=1S/C20H19N3O/c24-20-13-18(17-7-2-1-3-8-17)15-22(20)14-16-6-4-9-19(12-16)23-11-5-10-21-23/h1-12,18H,13-15H2/t18-/m1/s1. The molecule has 4 nitrogen and oxygen atoms in total. The predicted octanol–water partition coefficient (Wildman–Crippen LogP) is 3.39. The molecule has 0 saturated carbocycles. The smallest absolute Gasteiger partial charge is 0.223 e. The van der Waals surface area contributed by atoms with Crippen LogP contribution in [0.4, 0.5) is 0 Å². The molecule has 2 aromatic carbocycles. The van der Waals surface area contributed by atoms with E-state index in [4.69, 9.17) is 0 Å². The molecule has 0 spiro atoms. The van der Waals surface area contributed by atoms with Crippen LogP contribution in [0.3, 0.4) is 0 Å². The van der Waals surface area contributed by atoms with Gasteiger partial charge in [-0.3, -0.25) is 4.79 Å². The van der Waals surface area contributed by atoms with Gasteiger partial charge >= 0.3 is 0 Å². The lowest BCUT2D eigenvalue weighted by molar-refractivity contribution is -0.128. The summed E-state index contributed by atoms with van der Waals surface area (Å²) in [6.07, 6.45) is 4.29. The third kappa shape index (κ3) is 2.95. The van der Waals surface area contributed by atoms with E-state index in [-0.39, 0.29) is 5.91 Å². The molecule has 2 heterocycles. The second-order valence-corrected chi connectivity index (χ2v) is 6.21. The summed E-state index contributed by atoms with van der Waals surface area (Å²) in [7, 11) is 0. The number of likely N-dealkylation sites (tertiary alicyclic amines) is 1. The Labute approximate surface area is 141 Å². The molecule has 4 rings (SSSR count). The molecule has 1 amide bonds. The lowest BCUT2D eigenvalue weighted by Gasteiger charge is -2.17. The van der Waals surface area contributed by atoms with Crippen molar-refractivity contribution in [1.82, 2.24) is 14.7 Å². The van der Waals surface area contributed by atoms with Crippen LogP contribution in [0.25, 0.3) is 5.69 Å². The number of amides is 1. The van der Waals surface area contributed by atoms with Crippen molar-refractivity contribution < 1.29 is 4.79 Å². The number of aromatic nitrogens is 2. The van der Waals surface area contributed by atoms with Crippen LogP contribution in [0.15, 0.2) is 73.1 Å². The summed E-state index contributed by atoms with van der Waals surface area (Å²) in [5.41, 5.74) is 3.40. The highest BCUT2D eigenvalue weighted by Gasteiger charge is 2.30. The van der Waals surface area contributed by atoms with E-state index in [1.807, 2.05) is 52.2 Å². The molecule has 0 aliphatic carbocycles. The minimum atomic E-state index is 0.230. The Morgan fingerprint density at radius 3 is 2.71 bits per heavy atom. The number of hydrogen-bond donors (Lipinski definition) is 0. The van der Waals surface area contributed by atoms with E-state index >= 15 is 0 Å². The van der Waals surface area contributed by atoms with Crippen molar-refractivity contribution in [1.29, 1.82) is 0 Å². The van der Waals surface area contributed by atoms with Gasteiger partial charge < -0.3 is 4.90 Å². The van der Waals surface area contributed by atoms with Gasteiger partial charge in [0.1, 0.15) is 0 Å². The third-order valence-corrected chi connectivity index (χ3v) is 4.54. The summed E-state index contributed by atoms with van der Waals surface area (Å²) < 4.78 is 1.84. The van der Waals surface area contributed by atoms with Gasteiger partial charge in [-0.2, -0.15) is 5.10 Å². The fourth-order valence-corrected chi connectivity index (χ4v) is 3.31. The predicted molar refractivity (Wildman–Crippen MR) is 92.8 cm³/mol. The van der Waals surface area contributed by atoms with E-state index < -0.39 is 0 Å². The van der Waals surface area contributed by atoms with Gasteiger partial charge in [-0.25, -0.2) is 4.68 Å². The Morgan fingerprint density at radius 2 is 1.92 bits per heavy atom. The van der Waals surface area contributed by atoms with Gasteiger partial charge in [0.2, 0.25) is 5.91 Å². The van der Waals surface area contributed by atoms with E-state index in [0.717, 1.165) is 17.8 Å². The molecule has 120 valence electrons. The summed E-state index contributed by atoms with van der Waals surface area (Å²) >= 11 is 0. The van der Waals surface area contributed by atoms with Crippen molar-refractivity contribution in [3.05, 3.63) is 84.2 Å². The normalized spacial score (nSPS) is 17.4. The first kappa shape index (κ1) is 14.7. The largest absolute Gasteiger partial charge is 0.338 e. The molecule has 0 radical (unpaired) electrons. The molecule has 0 N–H and O–H groups in total. The third-order valence-electron chi connectivity index (χ3n) is 4.54. The first-order chi connectivity index (χ1) is 11.8. The Kier molecular flexibility index (Phi) is 3.87. The summed E-state index contributed by atoms with van der Waals surface area (Å²) in [6, 6.07) is 20.4. The van der Waals surface area contributed by atoms with Crippen molar-refractivity contribution in [2.45, 2.75) is 18.9 Å². The first-order valence-corrected chi connectivity index (χ1v) is 8.21. The van der Waals surface area contributed by atoms with Crippen molar-refractivity contribution >= 4 is 5.91 Å². The average Bonchev–Trinajstić information content (AvgIpc) is 3.27. The Hall–Kier alpha value is -2.88. The SMILES string of the molecule is O=C1C[C@@H](c2ccccc2)CN1Cc1cccc(-n2cccn2)c1. The van der Waals surface area contributed by atoms with Crippen LogP contribution >= 0.6 is 0 Å². The van der Waals surface area contributed by atoms with Crippen LogP contribution in [0, 0.1) is 0 Å². The Bertz CT molecular complexity index is 827. The Morgan fingerprint density at radius 1 is 1.04 bits per heavy atom. The molecular weight excluding hydrogens is 298 g/mol. The molecule has 4 heteroatoms. The van der Waals surface area contributed by atoms with Gasteiger partial charge in [0.15, 0.2) is 0 Å². The van der Waals surface area contributed by atoms with Crippen LogP contribution in [0.2, 0.25) is 0 Å². The molecule has 0 bridgehead atoms. The molecule has 1 aromatic heterocycles. The lowest BCUT2D eigenvalue weighted by Crippen LogP contribution is -2.24. The maximum atomic E-state index is 12.4. The van der Waals surface area contributed by atoms with Crippen molar-refractivity contribution in [2.24, 2.45) is 0 Å². The highest BCUT2D eigenvalue weighted by atomic mass is 16.2.